The molecule has 2 aromatic carbocycles. The molecular weight excluding hydrogens is 426 g/mol. The van der Waals surface area contributed by atoms with Crippen LogP contribution in [0, 0.1) is 11.3 Å². The molecule has 0 spiro atoms. The molecule has 1 atom stereocenters. The average Bonchev–Trinajstić information content (AvgIpc) is 3.22. The van der Waals surface area contributed by atoms with E-state index >= 15 is 0 Å². The van der Waals surface area contributed by atoms with Crippen molar-refractivity contribution in [1.82, 2.24) is 19.5 Å². The maximum absolute atomic E-state index is 13.1. The van der Waals surface area contributed by atoms with E-state index in [0.717, 1.165) is 5.52 Å². The SMILES string of the molecule is COCC(C)n1c(SCC(O)=C(C#N)c2nc3ccccc3[nH]2)nc2ccccc2c1=O. The van der Waals surface area contributed by atoms with E-state index in [0.29, 0.717) is 34.0 Å². The molecule has 2 heterocycles. The molecule has 9 heteroatoms. The number of nitrogens with zero attached hydrogens (tertiary/aromatic N) is 4. The second-order valence-electron chi connectivity index (χ2n) is 7.22. The molecule has 32 heavy (non-hydrogen) atoms. The monoisotopic (exact) mass is 447 g/mol. The molecular formula is C23H21N5O3S. The number of methoxy groups -OCH3 is 1. The molecule has 0 saturated carbocycles. The molecule has 0 bridgehead atoms. The summed E-state index contributed by atoms with van der Waals surface area (Å²) in [5, 5.41) is 21.3. The second kappa shape index (κ2) is 9.26. The van der Waals surface area contributed by atoms with Gasteiger partial charge in [-0.2, -0.15) is 5.26 Å². The maximum Gasteiger partial charge on any atom is 0.262 e. The minimum atomic E-state index is -0.260. The number of aliphatic hydroxyl groups is 1. The molecule has 0 aliphatic heterocycles. The lowest BCUT2D eigenvalue weighted by Crippen LogP contribution is -2.28. The summed E-state index contributed by atoms with van der Waals surface area (Å²) in [6.07, 6.45) is 0. The van der Waals surface area contributed by atoms with Crippen LogP contribution in [0.15, 0.2) is 64.2 Å². The summed E-state index contributed by atoms with van der Waals surface area (Å²) in [5.74, 6) is 0.193. The Morgan fingerprint density at radius 1 is 1.22 bits per heavy atom. The van der Waals surface area contributed by atoms with Gasteiger partial charge in [-0.1, -0.05) is 36.0 Å². The molecule has 0 aliphatic carbocycles. The van der Waals surface area contributed by atoms with Crippen molar-refractivity contribution >= 4 is 39.3 Å². The fourth-order valence-electron chi connectivity index (χ4n) is 3.46. The third-order valence-electron chi connectivity index (χ3n) is 4.99. The van der Waals surface area contributed by atoms with Gasteiger partial charge >= 0.3 is 0 Å². The fraction of sp³-hybridized carbons (Fsp3) is 0.217. The predicted octanol–water partition coefficient (Wildman–Crippen LogP) is 4.07. The second-order valence-corrected chi connectivity index (χ2v) is 8.16. The zero-order valence-electron chi connectivity index (χ0n) is 17.6. The number of hydrogen-bond donors (Lipinski definition) is 2. The smallest absolute Gasteiger partial charge is 0.262 e. The van der Waals surface area contributed by atoms with Gasteiger partial charge in [0.05, 0.1) is 40.3 Å². The number of ether oxygens (including phenoxy) is 1. The number of imidazole rings is 1. The first-order chi connectivity index (χ1) is 15.5. The molecule has 0 fully saturated rings. The lowest BCUT2D eigenvalue weighted by Gasteiger charge is -2.18. The van der Waals surface area contributed by atoms with Gasteiger partial charge in [-0.15, -0.1) is 0 Å². The molecule has 2 aromatic heterocycles. The fourth-order valence-corrected chi connectivity index (χ4v) is 4.44. The highest BCUT2D eigenvalue weighted by atomic mass is 32.2. The minimum absolute atomic E-state index is 0.0461. The number of aromatic amines is 1. The molecule has 4 rings (SSSR count). The number of para-hydroxylation sites is 3. The van der Waals surface area contributed by atoms with Gasteiger partial charge < -0.3 is 14.8 Å². The Labute approximate surface area is 188 Å². The van der Waals surface area contributed by atoms with Crippen molar-refractivity contribution in [3.05, 3.63) is 70.5 Å². The summed E-state index contributed by atoms with van der Waals surface area (Å²) in [7, 11) is 1.57. The van der Waals surface area contributed by atoms with Gasteiger partial charge in [0, 0.05) is 7.11 Å². The van der Waals surface area contributed by atoms with E-state index in [1.54, 1.807) is 29.9 Å². The van der Waals surface area contributed by atoms with Crippen molar-refractivity contribution < 1.29 is 9.84 Å². The number of aromatic nitrogens is 4. The Morgan fingerprint density at radius 2 is 1.94 bits per heavy atom. The van der Waals surface area contributed by atoms with Crippen molar-refractivity contribution in [2.24, 2.45) is 0 Å². The number of nitrogens with one attached hydrogen (secondary N) is 1. The van der Waals surface area contributed by atoms with Crippen molar-refractivity contribution in [3.63, 3.8) is 0 Å². The Morgan fingerprint density at radius 3 is 2.66 bits per heavy atom. The molecule has 1 unspecified atom stereocenters. The number of fused-ring (bicyclic) bond motifs is 2. The highest BCUT2D eigenvalue weighted by Gasteiger charge is 2.19. The Balaban J connectivity index is 1.71. The summed E-state index contributed by atoms with van der Waals surface area (Å²) in [6.45, 7) is 2.20. The zero-order valence-corrected chi connectivity index (χ0v) is 18.4. The number of thioether (sulfide) groups is 1. The van der Waals surface area contributed by atoms with Crippen molar-refractivity contribution in [2.45, 2.75) is 18.1 Å². The standard InChI is InChI=1S/C23H21N5O3S/c1-14(12-31-2)28-22(30)15-7-3-4-8-17(15)27-23(28)32-13-20(29)16(11-24)21-25-18-9-5-6-10-19(18)26-21/h3-10,14,29H,12-13H2,1-2H3,(H,25,26). The summed E-state index contributed by atoms with van der Waals surface area (Å²) < 4.78 is 6.80. The van der Waals surface area contributed by atoms with Crippen LogP contribution in [0.1, 0.15) is 18.8 Å². The molecule has 8 nitrogen and oxygen atoms in total. The normalized spacial score (nSPS) is 13.2. The van der Waals surface area contributed by atoms with Crippen LogP contribution in [-0.2, 0) is 4.74 Å². The van der Waals surface area contributed by atoms with Crippen molar-refractivity contribution in [3.8, 4) is 6.07 Å². The number of benzene rings is 2. The zero-order chi connectivity index (χ0) is 22.7. The lowest BCUT2D eigenvalue weighted by molar-refractivity contribution is 0.156. The summed E-state index contributed by atoms with van der Waals surface area (Å²) in [5.41, 5.74) is 1.92. The van der Waals surface area contributed by atoms with Crippen LogP contribution in [0.4, 0.5) is 0 Å². The van der Waals surface area contributed by atoms with E-state index in [-0.39, 0.29) is 28.7 Å². The summed E-state index contributed by atoms with van der Waals surface area (Å²) >= 11 is 1.18. The summed E-state index contributed by atoms with van der Waals surface area (Å²) in [6, 6.07) is 16.3. The van der Waals surface area contributed by atoms with Crippen LogP contribution in [-0.4, -0.2) is 44.1 Å². The van der Waals surface area contributed by atoms with Crippen molar-refractivity contribution in [1.29, 1.82) is 5.26 Å². The molecule has 0 aliphatic rings. The first-order valence-electron chi connectivity index (χ1n) is 9.93. The van der Waals surface area contributed by atoms with E-state index in [9.17, 15) is 15.2 Å². The van der Waals surface area contributed by atoms with Crippen LogP contribution in [0.5, 0.6) is 0 Å². The van der Waals surface area contributed by atoms with Gasteiger partial charge in [-0.05, 0) is 31.2 Å². The van der Waals surface area contributed by atoms with Crippen LogP contribution in [0.25, 0.3) is 27.5 Å². The Hall–Kier alpha value is -3.61. The molecule has 0 amide bonds. The lowest BCUT2D eigenvalue weighted by atomic mass is 10.2. The molecule has 162 valence electrons. The number of nitriles is 1. The van der Waals surface area contributed by atoms with Gasteiger partial charge in [0.25, 0.3) is 5.56 Å². The number of allylic oxidation sites excluding steroid dienone is 1. The van der Waals surface area contributed by atoms with Crippen molar-refractivity contribution in [2.75, 3.05) is 19.5 Å². The van der Waals surface area contributed by atoms with Gasteiger partial charge in [-0.25, -0.2) is 9.97 Å². The first-order valence-corrected chi connectivity index (χ1v) is 10.9. The largest absolute Gasteiger partial charge is 0.510 e. The number of aliphatic hydroxyl groups excluding tert-OH is 1. The molecule has 0 radical (unpaired) electrons. The number of H-pyrrole nitrogens is 1. The van der Waals surface area contributed by atoms with E-state index in [4.69, 9.17) is 4.74 Å². The van der Waals surface area contributed by atoms with Crippen LogP contribution in [0.2, 0.25) is 0 Å². The number of hydrogen-bond acceptors (Lipinski definition) is 7. The minimum Gasteiger partial charge on any atom is -0.510 e. The molecule has 2 N–H and O–H groups in total. The van der Waals surface area contributed by atoms with Gasteiger partial charge in [-0.3, -0.25) is 9.36 Å². The van der Waals surface area contributed by atoms with Gasteiger partial charge in [0.2, 0.25) is 0 Å². The Bertz CT molecular complexity index is 1380. The van der Waals surface area contributed by atoms with E-state index in [1.807, 2.05) is 43.3 Å². The summed E-state index contributed by atoms with van der Waals surface area (Å²) in [4.78, 5) is 25.2. The maximum atomic E-state index is 13.1. The predicted molar refractivity (Wildman–Crippen MR) is 125 cm³/mol. The quantitative estimate of drug-likeness (QED) is 0.190. The third-order valence-corrected chi connectivity index (χ3v) is 5.95. The first kappa shape index (κ1) is 21.6. The topological polar surface area (TPSA) is 117 Å². The third kappa shape index (κ3) is 4.10. The highest BCUT2D eigenvalue weighted by molar-refractivity contribution is 7.99. The molecule has 4 aromatic rings. The van der Waals surface area contributed by atoms with Gasteiger partial charge in [0.1, 0.15) is 17.4 Å². The average molecular weight is 448 g/mol. The van der Waals surface area contributed by atoms with Gasteiger partial charge in [0.15, 0.2) is 11.0 Å². The highest BCUT2D eigenvalue weighted by Crippen LogP contribution is 2.26. The number of rotatable bonds is 7. The van der Waals surface area contributed by atoms with Crippen LogP contribution < -0.4 is 5.56 Å². The van der Waals surface area contributed by atoms with Crippen LogP contribution >= 0.6 is 11.8 Å². The van der Waals surface area contributed by atoms with E-state index < -0.39 is 0 Å². The molecule has 0 saturated heterocycles. The Kier molecular flexibility index (Phi) is 6.25. The van der Waals surface area contributed by atoms with E-state index in [2.05, 4.69) is 15.0 Å². The van der Waals surface area contributed by atoms with Crippen LogP contribution in [0.3, 0.4) is 0 Å². The van der Waals surface area contributed by atoms with E-state index in [1.165, 1.54) is 11.8 Å².